The molecule has 1 amide bonds. The molecule has 1 aromatic rings. The van der Waals surface area contributed by atoms with Crippen LogP contribution in [0.5, 0.6) is 0 Å². The highest BCUT2D eigenvalue weighted by Gasteiger charge is 2.62. The van der Waals surface area contributed by atoms with Crippen LogP contribution in [0.4, 0.5) is 13.2 Å². The number of amides is 1. The van der Waals surface area contributed by atoms with Crippen LogP contribution in [0, 0.1) is 5.41 Å². The molecule has 1 aliphatic rings. The lowest BCUT2D eigenvalue weighted by molar-refractivity contribution is -0.171. The van der Waals surface area contributed by atoms with Gasteiger partial charge in [0.15, 0.2) is 0 Å². The number of ether oxygens (including phenoxy) is 1. The molecule has 8 heteroatoms. The summed E-state index contributed by atoms with van der Waals surface area (Å²) in [7, 11) is 0. The largest absolute Gasteiger partial charge is 0.416 e. The fraction of sp³-hybridized carbons (Fsp3) is 0.611. The van der Waals surface area contributed by atoms with Gasteiger partial charge in [0, 0.05) is 18.4 Å². The molecule has 1 saturated carbocycles. The summed E-state index contributed by atoms with van der Waals surface area (Å²) in [6.45, 7) is 7.79. The molecular formula is C18H26ClF3N2O2. The second-order valence-corrected chi connectivity index (χ2v) is 7.16. The maximum absolute atomic E-state index is 12.8. The van der Waals surface area contributed by atoms with Crippen LogP contribution in [0.25, 0.3) is 0 Å². The zero-order valence-corrected chi connectivity index (χ0v) is 16.1. The van der Waals surface area contributed by atoms with Gasteiger partial charge in [-0.2, -0.15) is 13.2 Å². The summed E-state index contributed by atoms with van der Waals surface area (Å²) < 4.78 is 44.1. The molecule has 0 spiro atoms. The van der Waals surface area contributed by atoms with Crippen LogP contribution in [0.1, 0.15) is 51.3 Å². The number of nitrogens with two attached hydrogens (primary N) is 1. The standard InChI is InChI=1S/C18H25F3N2O2.ClH/c1-5-25-14-10-17(22,16(14,3)4)15(24)23-11(2)12-7-6-8-13(9-12)18(19,20)21;/h6-9,11,14H,5,10,22H2,1-4H3,(H,23,24);1H. The monoisotopic (exact) mass is 394 g/mol. The van der Waals surface area contributed by atoms with Crippen molar-refractivity contribution in [1.82, 2.24) is 5.32 Å². The van der Waals surface area contributed by atoms with Gasteiger partial charge in [-0.25, -0.2) is 0 Å². The molecule has 1 fully saturated rings. The molecule has 0 bridgehead atoms. The van der Waals surface area contributed by atoms with Gasteiger partial charge >= 0.3 is 6.18 Å². The number of carbonyl (C=O) groups excluding carboxylic acids is 1. The quantitative estimate of drug-likeness (QED) is 0.797. The highest BCUT2D eigenvalue weighted by molar-refractivity contribution is 5.89. The van der Waals surface area contributed by atoms with Gasteiger partial charge < -0.3 is 15.8 Å². The van der Waals surface area contributed by atoms with Crippen LogP contribution in [0.3, 0.4) is 0 Å². The van der Waals surface area contributed by atoms with E-state index in [4.69, 9.17) is 10.5 Å². The van der Waals surface area contributed by atoms with E-state index < -0.39 is 28.7 Å². The molecule has 0 saturated heterocycles. The van der Waals surface area contributed by atoms with Gasteiger partial charge in [-0.1, -0.05) is 26.0 Å². The Bertz CT molecular complexity index is 652. The first-order valence-corrected chi connectivity index (χ1v) is 8.32. The number of hydrogen-bond acceptors (Lipinski definition) is 3. The van der Waals surface area contributed by atoms with Gasteiger partial charge in [0.2, 0.25) is 5.91 Å². The summed E-state index contributed by atoms with van der Waals surface area (Å²) in [5.74, 6) is -0.377. The summed E-state index contributed by atoms with van der Waals surface area (Å²) in [5, 5.41) is 2.75. The summed E-state index contributed by atoms with van der Waals surface area (Å²) in [4.78, 5) is 12.7. The predicted molar refractivity (Wildman–Crippen MR) is 96.0 cm³/mol. The van der Waals surface area contributed by atoms with Crippen molar-refractivity contribution in [3.8, 4) is 0 Å². The van der Waals surface area contributed by atoms with Crippen molar-refractivity contribution < 1.29 is 22.7 Å². The highest BCUT2D eigenvalue weighted by Crippen LogP contribution is 2.50. The number of rotatable bonds is 5. The molecular weight excluding hydrogens is 369 g/mol. The number of nitrogens with one attached hydrogen (secondary N) is 1. The first-order valence-electron chi connectivity index (χ1n) is 8.32. The Hall–Kier alpha value is -1.31. The predicted octanol–water partition coefficient (Wildman–Crippen LogP) is 3.84. The summed E-state index contributed by atoms with van der Waals surface area (Å²) in [5.41, 5.74) is 4.27. The van der Waals surface area contributed by atoms with Gasteiger partial charge in [-0.15, -0.1) is 12.4 Å². The smallest absolute Gasteiger partial charge is 0.378 e. The third kappa shape index (κ3) is 4.00. The highest BCUT2D eigenvalue weighted by atomic mass is 35.5. The number of halogens is 4. The maximum atomic E-state index is 12.8. The van der Waals surface area contributed by atoms with Crippen LogP contribution in [0.15, 0.2) is 24.3 Å². The number of hydrogen-bond donors (Lipinski definition) is 2. The molecule has 3 unspecified atom stereocenters. The van der Waals surface area contributed by atoms with Crippen molar-refractivity contribution in [2.75, 3.05) is 6.61 Å². The van der Waals surface area contributed by atoms with E-state index in [9.17, 15) is 18.0 Å². The second kappa shape index (κ2) is 7.74. The topological polar surface area (TPSA) is 64.3 Å². The van der Waals surface area contributed by atoms with Gasteiger partial charge in [-0.05, 0) is 31.5 Å². The Balaban J connectivity index is 0.00000338. The molecule has 3 N–H and O–H groups in total. The van der Waals surface area contributed by atoms with Crippen molar-refractivity contribution in [1.29, 1.82) is 0 Å². The van der Waals surface area contributed by atoms with E-state index in [1.165, 1.54) is 6.07 Å². The van der Waals surface area contributed by atoms with E-state index in [1.807, 2.05) is 20.8 Å². The van der Waals surface area contributed by atoms with Crippen LogP contribution >= 0.6 is 12.4 Å². The molecule has 0 aromatic heterocycles. The van der Waals surface area contributed by atoms with Crippen LogP contribution in [-0.4, -0.2) is 24.2 Å². The zero-order chi connectivity index (χ0) is 19.0. The van der Waals surface area contributed by atoms with Crippen LogP contribution in [-0.2, 0) is 15.7 Å². The second-order valence-electron chi connectivity index (χ2n) is 7.16. The van der Waals surface area contributed by atoms with E-state index in [0.717, 1.165) is 12.1 Å². The molecule has 148 valence electrons. The first-order chi connectivity index (χ1) is 11.4. The molecule has 4 nitrogen and oxygen atoms in total. The fourth-order valence-electron chi connectivity index (χ4n) is 3.21. The molecule has 0 aliphatic heterocycles. The van der Waals surface area contributed by atoms with Gasteiger partial charge in [-0.3, -0.25) is 4.79 Å². The number of carbonyl (C=O) groups is 1. The summed E-state index contributed by atoms with van der Waals surface area (Å²) in [6.07, 6.45) is -4.15. The van der Waals surface area contributed by atoms with E-state index >= 15 is 0 Å². The maximum Gasteiger partial charge on any atom is 0.416 e. The molecule has 2 rings (SSSR count). The minimum absolute atomic E-state index is 0. The first kappa shape index (κ1) is 22.7. The molecule has 26 heavy (non-hydrogen) atoms. The lowest BCUT2D eigenvalue weighted by Crippen LogP contribution is -2.75. The summed E-state index contributed by atoms with van der Waals surface area (Å²) in [6, 6.07) is 4.35. The molecule has 0 heterocycles. The fourth-order valence-corrected chi connectivity index (χ4v) is 3.21. The normalized spacial score (nSPS) is 25.6. The zero-order valence-electron chi connectivity index (χ0n) is 15.3. The Kier molecular flexibility index (Phi) is 6.77. The van der Waals surface area contributed by atoms with E-state index in [0.29, 0.717) is 18.6 Å². The number of alkyl halides is 3. The third-order valence-electron chi connectivity index (χ3n) is 5.30. The minimum Gasteiger partial charge on any atom is -0.378 e. The SMILES string of the molecule is CCOC1CC(N)(C(=O)NC(C)c2cccc(C(F)(F)F)c2)C1(C)C.Cl. The Labute approximate surface area is 158 Å². The average Bonchev–Trinajstić information content (AvgIpc) is 2.53. The van der Waals surface area contributed by atoms with E-state index in [1.54, 1.807) is 13.0 Å². The van der Waals surface area contributed by atoms with Crippen LogP contribution < -0.4 is 11.1 Å². The van der Waals surface area contributed by atoms with Crippen molar-refractivity contribution in [2.45, 2.75) is 58.0 Å². The van der Waals surface area contributed by atoms with Gasteiger partial charge in [0.05, 0.1) is 17.7 Å². The molecule has 3 atom stereocenters. The van der Waals surface area contributed by atoms with E-state index in [-0.39, 0.29) is 24.4 Å². The molecule has 0 radical (unpaired) electrons. The van der Waals surface area contributed by atoms with Crippen molar-refractivity contribution in [3.63, 3.8) is 0 Å². The minimum atomic E-state index is -4.42. The molecule has 1 aliphatic carbocycles. The van der Waals surface area contributed by atoms with Crippen molar-refractivity contribution >= 4 is 18.3 Å². The average molecular weight is 395 g/mol. The Morgan fingerprint density at radius 1 is 1.42 bits per heavy atom. The molecule has 1 aromatic carbocycles. The Morgan fingerprint density at radius 2 is 2.04 bits per heavy atom. The lowest BCUT2D eigenvalue weighted by atomic mass is 9.54. The lowest BCUT2D eigenvalue weighted by Gasteiger charge is -2.57. The third-order valence-corrected chi connectivity index (χ3v) is 5.30. The Morgan fingerprint density at radius 3 is 2.54 bits per heavy atom. The van der Waals surface area contributed by atoms with E-state index in [2.05, 4.69) is 5.32 Å². The van der Waals surface area contributed by atoms with Crippen molar-refractivity contribution in [2.24, 2.45) is 11.1 Å². The van der Waals surface area contributed by atoms with Gasteiger partial charge in [0.1, 0.15) is 5.54 Å². The number of benzene rings is 1. The van der Waals surface area contributed by atoms with Crippen molar-refractivity contribution in [3.05, 3.63) is 35.4 Å². The van der Waals surface area contributed by atoms with Crippen LogP contribution in [0.2, 0.25) is 0 Å². The summed E-state index contributed by atoms with van der Waals surface area (Å²) >= 11 is 0. The van der Waals surface area contributed by atoms with Gasteiger partial charge in [0.25, 0.3) is 0 Å².